The van der Waals surface area contributed by atoms with Crippen LogP contribution in [0.25, 0.3) is 0 Å². The fourth-order valence-corrected chi connectivity index (χ4v) is 3.57. The number of carbonyl (C=O) groups is 1. The molecule has 3 rings (SSSR count). The lowest BCUT2D eigenvalue weighted by Crippen LogP contribution is -2.35. The van der Waals surface area contributed by atoms with Gasteiger partial charge in [-0.15, -0.1) is 0 Å². The first-order chi connectivity index (χ1) is 12.8. The summed E-state index contributed by atoms with van der Waals surface area (Å²) < 4.78 is 0. The van der Waals surface area contributed by atoms with Gasteiger partial charge in [0.1, 0.15) is 0 Å². The first kappa shape index (κ1) is 20.2. The highest BCUT2D eigenvalue weighted by Gasteiger charge is 2.29. The van der Waals surface area contributed by atoms with E-state index >= 15 is 0 Å². The maximum absolute atomic E-state index is 12.2. The third-order valence-electron chi connectivity index (χ3n) is 5.13. The Morgan fingerprint density at radius 2 is 1.50 bits per heavy atom. The summed E-state index contributed by atoms with van der Waals surface area (Å²) in [6.45, 7) is 7.03. The average Bonchev–Trinajstić information content (AvgIpc) is 3.07. The predicted octanol–water partition coefficient (Wildman–Crippen LogP) is 5.44. The third-order valence-corrected chi connectivity index (χ3v) is 5.13. The lowest BCUT2D eigenvalue weighted by atomic mass is 10.0. The van der Waals surface area contributed by atoms with Crippen LogP contribution >= 0.6 is 0 Å². The van der Waals surface area contributed by atoms with Crippen LogP contribution in [-0.4, -0.2) is 23.4 Å². The Kier molecular flexibility index (Phi) is 8.40. The van der Waals surface area contributed by atoms with Crippen molar-refractivity contribution in [3.63, 3.8) is 0 Å². The van der Waals surface area contributed by atoms with Crippen LogP contribution in [0.4, 0.5) is 0 Å². The fourth-order valence-electron chi connectivity index (χ4n) is 3.57. The molecule has 2 nitrogen and oxygen atoms in total. The van der Waals surface area contributed by atoms with E-state index in [1.807, 2.05) is 13.8 Å². The molecular formula is C24H33NO. The van der Waals surface area contributed by atoms with Crippen molar-refractivity contribution in [3.8, 4) is 0 Å². The Bertz CT molecular complexity index is 648. The summed E-state index contributed by atoms with van der Waals surface area (Å²) in [6, 6.07) is 19.8. The topological polar surface area (TPSA) is 20.3 Å². The second kappa shape index (κ2) is 10.8. The van der Waals surface area contributed by atoms with Crippen LogP contribution in [0.5, 0.6) is 0 Å². The van der Waals surface area contributed by atoms with Gasteiger partial charge in [-0.05, 0) is 48.8 Å². The molecule has 0 aromatic heterocycles. The van der Waals surface area contributed by atoms with Gasteiger partial charge < -0.3 is 4.90 Å². The molecule has 0 aliphatic carbocycles. The van der Waals surface area contributed by atoms with Crippen molar-refractivity contribution in [3.05, 3.63) is 71.3 Å². The Labute approximate surface area is 159 Å². The number of benzene rings is 2. The third kappa shape index (κ3) is 5.72. The van der Waals surface area contributed by atoms with Crippen molar-refractivity contribution in [1.82, 2.24) is 4.90 Å². The van der Waals surface area contributed by atoms with E-state index in [0.29, 0.717) is 18.4 Å². The van der Waals surface area contributed by atoms with Gasteiger partial charge >= 0.3 is 0 Å². The van der Waals surface area contributed by atoms with Gasteiger partial charge in [0.15, 0.2) is 0 Å². The minimum Gasteiger partial charge on any atom is -0.339 e. The van der Waals surface area contributed by atoms with Crippen molar-refractivity contribution >= 4 is 5.91 Å². The molecule has 0 saturated carbocycles. The molecule has 0 spiro atoms. The Morgan fingerprint density at radius 1 is 0.885 bits per heavy atom. The predicted molar refractivity (Wildman–Crippen MR) is 110 cm³/mol. The summed E-state index contributed by atoms with van der Waals surface area (Å²) in [5.74, 6) is 0.332. The maximum Gasteiger partial charge on any atom is 0.222 e. The maximum atomic E-state index is 12.2. The van der Waals surface area contributed by atoms with Gasteiger partial charge in [-0.3, -0.25) is 4.79 Å². The number of rotatable bonds is 7. The van der Waals surface area contributed by atoms with E-state index in [-0.39, 0.29) is 0 Å². The van der Waals surface area contributed by atoms with Crippen LogP contribution < -0.4 is 0 Å². The summed E-state index contributed by atoms with van der Waals surface area (Å²) in [7, 11) is 0. The molecular weight excluding hydrogens is 318 g/mol. The average molecular weight is 352 g/mol. The highest BCUT2D eigenvalue weighted by molar-refractivity contribution is 5.78. The lowest BCUT2D eigenvalue weighted by Gasteiger charge is -2.25. The quantitative estimate of drug-likeness (QED) is 0.650. The molecule has 0 bridgehead atoms. The first-order valence-electron chi connectivity index (χ1n) is 10.2. The van der Waals surface area contributed by atoms with E-state index in [2.05, 4.69) is 66.4 Å². The van der Waals surface area contributed by atoms with Gasteiger partial charge in [-0.1, -0.05) is 75.4 Å². The SMILES string of the molecule is CC.CCc1ccc(CCN2C(=O)CCC2CCc2ccccc2)cc1. The van der Waals surface area contributed by atoms with Gasteiger partial charge in [-0.2, -0.15) is 0 Å². The van der Waals surface area contributed by atoms with Gasteiger partial charge in [0, 0.05) is 19.0 Å². The van der Waals surface area contributed by atoms with Crippen LogP contribution in [0.1, 0.15) is 56.7 Å². The van der Waals surface area contributed by atoms with Crippen LogP contribution in [-0.2, 0) is 24.1 Å². The van der Waals surface area contributed by atoms with Gasteiger partial charge in [0.05, 0.1) is 0 Å². The zero-order chi connectivity index (χ0) is 18.8. The van der Waals surface area contributed by atoms with E-state index in [1.165, 1.54) is 16.7 Å². The summed E-state index contributed by atoms with van der Waals surface area (Å²) in [4.78, 5) is 14.4. The number of nitrogens with zero attached hydrogens (tertiary/aromatic N) is 1. The highest BCUT2D eigenvalue weighted by atomic mass is 16.2. The zero-order valence-corrected chi connectivity index (χ0v) is 16.6. The highest BCUT2D eigenvalue weighted by Crippen LogP contribution is 2.23. The number of hydrogen-bond acceptors (Lipinski definition) is 1. The Hall–Kier alpha value is -2.09. The molecule has 1 aliphatic rings. The molecule has 1 fully saturated rings. The molecule has 2 aromatic carbocycles. The number of aryl methyl sites for hydroxylation is 2. The van der Waals surface area contributed by atoms with Crippen LogP contribution in [0.3, 0.4) is 0 Å². The molecule has 1 atom stereocenters. The first-order valence-corrected chi connectivity index (χ1v) is 10.2. The molecule has 2 aromatic rings. The molecule has 1 aliphatic heterocycles. The molecule has 0 radical (unpaired) electrons. The van der Waals surface area contributed by atoms with Gasteiger partial charge in [-0.25, -0.2) is 0 Å². The normalized spacial score (nSPS) is 16.3. The molecule has 1 amide bonds. The summed E-state index contributed by atoms with van der Waals surface area (Å²) in [6.07, 6.45) is 5.89. The smallest absolute Gasteiger partial charge is 0.222 e. The summed E-state index contributed by atoms with van der Waals surface area (Å²) >= 11 is 0. The van der Waals surface area contributed by atoms with Crippen LogP contribution in [0.15, 0.2) is 54.6 Å². The van der Waals surface area contributed by atoms with Gasteiger partial charge in [0.2, 0.25) is 5.91 Å². The van der Waals surface area contributed by atoms with Gasteiger partial charge in [0.25, 0.3) is 0 Å². The molecule has 1 heterocycles. The molecule has 26 heavy (non-hydrogen) atoms. The standard InChI is InChI=1S/C22H27NO.C2H6/c1-2-18-8-10-20(11-9-18)16-17-23-21(14-15-22(23)24)13-12-19-6-4-3-5-7-19;1-2/h3-11,21H,2,12-17H2,1H3;1-2H3. The van der Waals surface area contributed by atoms with Crippen molar-refractivity contribution in [2.24, 2.45) is 0 Å². The van der Waals surface area contributed by atoms with Crippen LogP contribution in [0, 0.1) is 0 Å². The van der Waals surface area contributed by atoms with Crippen LogP contribution in [0.2, 0.25) is 0 Å². The number of likely N-dealkylation sites (tertiary alicyclic amines) is 1. The number of amides is 1. The molecule has 2 heteroatoms. The number of carbonyl (C=O) groups excluding carboxylic acids is 1. The van der Waals surface area contributed by atoms with E-state index < -0.39 is 0 Å². The largest absolute Gasteiger partial charge is 0.339 e. The second-order valence-corrected chi connectivity index (χ2v) is 6.72. The fraction of sp³-hybridized carbons (Fsp3) is 0.458. The zero-order valence-electron chi connectivity index (χ0n) is 16.6. The molecule has 1 unspecified atom stereocenters. The minimum atomic E-state index is 0.332. The van der Waals surface area contributed by atoms with Crippen molar-refractivity contribution in [2.45, 2.75) is 65.3 Å². The van der Waals surface area contributed by atoms with Crippen molar-refractivity contribution in [1.29, 1.82) is 0 Å². The molecule has 1 saturated heterocycles. The Morgan fingerprint density at radius 3 is 2.15 bits per heavy atom. The van der Waals surface area contributed by atoms with E-state index in [9.17, 15) is 4.79 Å². The molecule has 140 valence electrons. The second-order valence-electron chi connectivity index (χ2n) is 6.72. The Balaban J connectivity index is 0.00000117. The monoisotopic (exact) mass is 351 g/mol. The van der Waals surface area contributed by atoms with E-state index in [1.54, 1.807) is 0 Å². The minimum absolute atomic E-state index is 0.332. The summed E-state index contributed by atoms with van der Waals surface area (Å²) in [5, 5.41) is 0. The van der Waals surface area contributed by atoms with E-state index in [4.69, 9.17) is 0 Å². The summed E-state index contributed by atoms with van der Waals surface area (Å²) in [5.41, 5.74) is 4.07. The lowest BCUT2D eigenvalue weighted by molar-refractivity contribution is -0.129. The molecule has 0 N–H and O–H groups in total. The van der Waals surface area contributed by atoms with E-state index in [0.717, 1.165) is 38.6 Å². The van der Waals surface area contributed by atoms with Crippen molar-refractivity contribution < 1.29 is 4.79 Å². The van der Waals surface area contributed by atoms with Crippen molar-refractivity contribution in [2.75, 3.05) is 6.54 Å². The number of hydrogen-bond donors (Lipinski definition) is 0.